The highest BCUT2D eigenvalue weighted by molar-refractivity contribution is 6.30. The van der Waals surface area contributed by atoms with Gasteiger partial charge in [0.1, 0.15) is 34.2 Å². The van der Waals surface area contributed by atoms with Crippen molar-refractivity contribution in [1.29, 1.82) is 0 Å². The van der Waals surface area contributed by atoms with Gasteiger partial charge in [-0.05, 0) is 38.1 Å². The molecule has 2 aliphatic rings. The Morgan fingerprint density at radius 2 is 1.73 bits per heavy atom. The van der Waals surface area contributed by atoms with E-state index >= 15 is 0 Å². The quantitative estimate of drug-likeness (QED) is 0.634. The summed E-state index contributed by atoms with van der Waals surface area (Å²) in [5.74, 6) is 1.91. The Hall–Kier alpha value is -2.93. The molecule has 2 heterocycles. The topological polar surface area (TPSA) is 74.3 Å². The van der Waals surface area contributed by atoms with E-state index in [1.807, 2.05) is 0 Å². The lowest BCUT2D eigenvalue weighted by molar-refractivity contribution is -0.149. The monoisotopic (exact) mass is 473 g/mol. The van der Waals surface area contributed by atoms with Crippen molar-refractivity contribution < 1.29 is 28.5 Å². The summed E-state index contributed by atoms with van der Waals surface area (Å²) in [4.78, 5) is 28.0. The minimum absolute atomic E-state index is 0.0260. The van der Waals surface area contributed by atoms with E-state index in [9.17, 15) is 9.59 Å². The fourth-order valence-electron chi connectivity index (χ4n) is 4.47. The summed E-state index contributed by atoms with van der Waals surface area (Å²) in [6.07, 6.45) is 1.33. The smallest absolute Gasteiger partial charge is 0.266 e. The minimum Gasteiger partial charge on any atom is -0.496 e. The normalized spacial score (nSPS) is 17.2. The molecule has 2 aliphatic heterocycles. The molecular formula is C25H28ClNO6. The van der Waals surface area contributed by atoms with Gasteiger partial charge in [-0.15, -0.1) is 0 Å². The predicted octanol–water partition coefficient (Wildman–Crippen LogP) is 4.54. The number of ketones is 1. The molecular weight excluding hydrogens is 446 g/mol. The van der Waals surface area contributed by atoms with Crippen LogP contribution in [0, 0.1) is 0 Å². The molecule has 0 radical (unpaired) electrons. The summed E-state index contributed by atoms with van der Waals surface area (Å²) in [5, 5.41) is 0.603. The van der Waals surface area contributed by atoms with Crippen molar-refractivity contribution >= 4 is 23.3 Å². The number of benzene rings is 2. The molecule has 0 unspecified atom stereocenters. The molecule has 0 aromatic heterocycles. The van der Waals surface area contributed by atoms with Crippen molar-refractivity contribution in [2.24, 2.45) is 0 Å². The van der Waals surface area contributed by atoms with E-state index in [0.717, 1.165) is 0 Å². The third-order valence-corrected chi connectivity index (χ3v) is 6.50. The fourth-order valence-corrected chi connectivity index (χ4v) is 4.59. The molecule has 33 heavy (non-hydrogen) atoms. The van der Waals surface area contributed by atoms with Crippen LogP contribution in [0.4, 0.5) is 0 Å². The number of ether oxygens (including phenoxy) is 4. The molecule has 176 valence electrons. The standard InChI is InChI=1S/C25H28ClNO6/c1-24(2,32-17-7-5-16(26)6-8-17)23(29)27-11-9-25(10-12-27)15-19(28)22-20(31-4)13-18(30-3)14-21(22)33-25/h5-8,13-14H,9-12,15H2,1-4H3. The van der Waals surface area contributed by atoms with Gasteiger partial charge in [0.25, 0.3) is 5.91 Å². The zero-order valence-electron chi connectivity index (χ0n) is 19.3. The van der Waals surface area contributed by atoms with Gasteiger partial charge in [0.15, 0.2) is 11.4 Å². The molecule has 4 rings (SSSR count). The Morgan fingerprint density at radius 3 is 2.33 bits per heavy atom. The van der Waals surface area contributed by atoms with Crippen LogP contribution in [-0.4, -0.2) is 55.1 Å². The molecule has 1 saturated heterocycles. The second kappa shape index (κ2) is 8.78. The third-order valence-electron chi connectivity index (χ3n) is 6.25. The first kappa shape index (κ1) is 23.2. The molecule has 2 aromatic rings. The maximum absolute atomic E-state index is 13.2. The number of carbonyl (C=O) groups excluding carboxylic acids is 2. The Kier molecular flexibility index (Phi) is 6.18. The molecule has 0 saturated carbocycles. The Morgan fingerprint density at radius 1 is 1.06 bits per heavy atom. The van der Waals surface area contributed by atoms with Crippen LogP contribution in [0.1, 0.15) is 43.5 Å². The summed E-state index contributed by atoms with van der Waals surface area (Å²) < 4.78 is 23.1. The lowest BCUT2D eigenvalue weighted by Gasteiger charge is -2.45. The van der Waals surface area contributed by atoms with Crippen molar-refractivity contribution in [3.63, 3.8) is 0 Å². The molecule has 8 heteroatoms. The van der Waals surface area contributed by atoms with Gasteiger partial charge in [-0.25, -0.2) is 0 Å². The molecule has 0 aliphatic carbocycles. The van der Waals surface area contributed by atoms with Gasteiger partial charge in [0.05, 0.1) is 20.6 Å². The van der Waals surface area contributed by atoms with Crippen LogP contribution in [0.15, 0.2) is 36.4 Å². The fraction of sp³-hybridized carbons (Fsp3) is 0.440. The number of nitrogens with zero attached hydrogens (tertiary/aromatic N) is 1. The number of fused-ring (bicyclic) bond motifs is 1. The van der Waals surface area contributed by atoms with Crippen LogP contribution >= 0.6 is 11.6 Å². The number of methoxy groups -OCH3 is 2. The summed E-state index contributed by atoms with van der Waals surface area (Å²) >= 11 is 5.93. The summed E-state index contributed by atoms with van der Waals surface area (Å²) in [6, 6.07) is 10.3. The number of Topliss-reactive ketones (excluding diaryl/α,β-unsaturated/α-hetero) is 1. The zero-order valence-corrected chi connectivity index (χ0v) is 20.0. The first-order valence-corrected chi connectivity index (χ1v) is 11.3. The van der Waals surface area contributed by atoms with Crippen LogP contribution < -0.4 is 18.9 Å². The first-order valence-electron chi connectivity index (χ1n) is 10.9. The number of hydrogen-bond donors (Lipinski definition) is 0. The van der Waals surface area contributed by atoms with Crippen LogP contribution in [-0.2, 0) is 4.79 Å². The number of carbonyl (C=O) groups is 2. The molecule has 7 nitrogen and oxygen atoms in total. The zero-order chi connectivity index (χ0) is 23.8. The average Bonchev–Trinajstić information content (AvgIpc) is 2.79. The molecule has 0 atom stereocenters. The number of rotatable bonds is 5. The molecule has 0 N–H and O–H groups in total. The third kappa shape index (κ3) is 4.60. The summed E-state index contributed by atoms with van der Waals surface area (Å²) in [7, 11) is 3.07. The van der Waals surface area contributed by atoms with Gasteiger partial charge < -0.3 is 23.8 Å². The first-order chi connectivity index (χ1) is 15.7. The molecule has 2 aromatic carbocycles. The SMILES string of the molecule is COc1cc(OC)c2c(c1)OC1(CCN(C(=O)C(C)(C)Oc3ccc(Cl)cc3)CC1)CC2=O. The highest BCUT2D eigenvalue weighted by atomic mass is 35.5. The van der Waals surface area contributed by atoms with Crippen molar-refractivity contribution in [2.45, 2.75) is 44.3 Å². The van der Waals surface area contributed by atoms with Crippen molar-refractivity contribution in [3.8, 4) is 23.0 Å². The van der Waals surface area contributed by atoms with Crippen LogP contribution in [0.25, 0.3) is 0 Å². The van der Waals surface area contributed by atoms with Crippen LogP contribution in [0.2, 0.25) is 5.02 Å². The molecule has 1 fully saturated rings. The maximum Gasteiger partial charge on any atom is 0.266 e. The van der Waals surface area contributed by atoms with E-state index in [1.54, 1.807) is 62.3 Å². The van der Waals surface area contributed by atoms with E-state index in [2.05, 4.69) is 0 Å². The Bertz CT molecular complexity index is 1060. The summed E-state index contributed by atoms with van der Waals surface area (Å²) in [5.41, 5.74) is -1.26. The number of amides is 1. The molecule has 1 amide bonds. The van der Waals surface area contributed by atoms with Gasteiger partial charge in [-0.1, -0.05) is 11.6 Å². The second-order valence-electron chi connectivity index (χ2n) is 8.95. The number of halogens is 1. The van der Waals surface area contributed by atoms with Gasteiger partial charge in [0.2, 0.25) is 0 Å². The molecule has 0 bridgehead atoms. The van der Waals surface area contributed by atoms with Gasteiger partial charge in [-0.2, -0.15) is 0 Å². The van der Waals surface area contributed by atoms with Crippen LogP contribution in [0.3, 0.4) is 0 Å². The van der Waals surface area contributed by atoms with E-state index in [-0.39, 0.29) is 18.1 Å². The minimum atomic E-state index is -1.05. The second-order valence-corrected chi connectivity index (χ2v) is 9.38. The van der Waals surface area contributed by atoms with Gasteiger partial charge in [0, 0.05) is 43.1 Å². The lowest BCUT2D eigenvalue weighted by atomic mass is 9.82. The Balaban J connectivity index is 1.46. The molecule has 1 spiro atoms. The van der Waals surface area contributed by atoms with Crippen molar-refractivity contribution in [1.82, 2.24) is 4.90 Å². The van der Waals surface area contributed by atoms with Crippen molar-refractivity contribution in [2.75, 3.05) is 27.3 Å². The largest absolute Gasteiger partial charge is 0.496 e. The summed E-state index contributed by atoms with van der Waals surface area (Å²) in [6.45, 7) is 4.44. The van der Waals surface area contributed by atoms with E-state index in [4.69, 9.17) is 30.5 Å². The average molecular weight is 474 g/mol. The highest BCUT2D eigenvalue weighted by Gasteiger charge is 2.46. The number of piperidine rings is 1. The Labute approximate surface area is 198 Å². The lowest BCUT2D eigenvalue weighted by Crippen LogP contribution is -2.56. The maximum atomic E-state index is 13.2. The van der Waals surface area contributed by atoms with Crippen molar-refractivity contribution in [3.05, 3.63) is 47.0 Å². The van der Waals surface area contributed by atoms with Gasteiger partial charge in [-0.3, -0.25) is 9.59 Å². The van der Waals surface area contributed by atoms with E-state index < -0.39 is 11.2 Å². The van der Waals surface area contributed by atoms with E-state index in [1.165, 1.54) is 7.11 Å². The van der Waals surface area contributed by atoms with E-state index in [0.29, 0.717) is 59.5 Å². The highest BCUT2D eigenvalue weighted by Crippen LogP contribution is 2.45. The van der Waals surface area contributed by atoms with Crippen LogP contribution in [0.5, 0.6) is 23.0 Å². The van der Waals surface area contributed by atoms with Gasteiger partial charge >= 0.3 is 0 Å². The number of likely N-dealkylation sites (tertiary alicyclic amines) is 1. The number of hydrogen-bond acceptors (Lipinski definition) is 6. The predicted molar refractivity (Wildman–Crippen MR) is 124 cm³/mol.